The monoisotopic (exact) mass is 393 g/mol. The molecule has 0 aliphatic rings. The highest BCUT2D eigenvalue weighted by atomic mass is 79.9. The van der Waals surface area contributed by atoms with E-state index < -0.39 is 17.7 Å². The Labute approximate surface area is 140 Å². The molecule has 1 N–H and O–H groups in total. The zero-order chi connectivity index (χ0) is 15.6. The fraction of sp³-hybridized carbons (Fsp3) is 0.200. The van der Waals surface area contributed by atoms with E-state index in [9.17, 15) is 8.78 Å². The van der Waals surface area contributed by atoms with Crippen LogP contribution in [0.5, 0.6) is 0 Å². The number of nitrogens with one attached hydrogen (secondary N) is 1. The number of benzene rings is 2. The van der Waals surface area contributed by atoms with Gasteiger partial charge in [-0.25, -0.2) is 8.78 Å². The third kappa shape index (κ3) is 3.57. The largest absolute Gasteiger partial charge is 0.306 e. The van der Waals surface area contributed by atoms with E-state index in [0.29, 0.717) is 22.2 Å². The van der Waals surface area contributed by atoms with Crippen LogP contribution in [-0.2, 0) is 0 Å². The topological polar surface area (TPSA) is 12.0 Å². The molecule has 0 bridgehead atoms. The maximum absolute atomic E-state index is 14.3. The van der Waals surface area contributed by atoms with Crippen LogP contribution in [0, 0.1) is 11.6 Å². The third-order valence-electron chi connectivity index (χ3n) is 3.05. The summed E-state index contributed by atoms with van der Waals surface area (Å²) in [5, 5.41) is 3.88. The minimum atomic E-state index is -0.697. The maximum Gasteiger partial charge on any atom is 0.145 e. The van der Waals surface area contributed by atoms with Gasteiger partial charge < -0.3 is 5.32 Å². The number of halogens is 5. The molecule has 0 heterocycles. The fourth-order valence-electron chi connectivity index (χ4n) is 2.11. The summed E-state index contributed by atoms with van der Waals surface area (Å²) in [6.45, 7) is 2.37. The zero-order valence-corrected chi connectivity index (χ0v) is 14.2. The van der Waals surface area contributed by atoms with E-state index in [-0.39, 0.29) is 10.0 Å². The molecule has 2 aromatic rings. The highest BCUT2D eigenvalue weighted by molar-refractivity contribution is 9.10. The predicted octanol–water partition coefficient (Wildman–Crippen LogP) is 5.73. The summed E-state index contributed by atoms with van der Waals surface area (Å²) in [4.78, 5) is 0. The first-order valence-corrected chi connectivity index (χ1v) is 7.82. The van der Waals surface area contributed by atoms with Gasteiger partial charge in [0.05, 0.1) is 10.5 Å². The quantitative estimate of drug-likeness (QED) is 0.652. The van der Waals surface area contributed by atoms with Gasteiger partial charge in [0.25, 0.3) is 0 Å². The second-order valence-corrected chi connectivity index (χ2v) is 6.11. The maximum atomic E-state index is 14.3. The summed E-state index contributed by atoms with van der Waals surface area (Å²) in [5.74, 6) is -1.28. The SMILES string of the molecule is CCNC(c1ccc(Cl)cc1Cl)c1c(F)ccc(Br)c1F. The first kappa shape index (κ1) is 16.7. The van der Waals surface area contributed by atoms with E-state index >= 15 is 0 Å². The molecule has 0 spiro atoms. The Morgan fingerprint density at radius 3 is 2.52 bits per heavy atom. The Morgan fingerprint density at radius 1 is 1.19 bits per heavy atom. The normalized spacial score (nSPS) is 12.5. The van der Waals surface area contributed by atoms with Crippen LogP contribution in [0.25, 0.3) is 0 Å². The molecule has 0 saturated carbocycles. The summed E-state index contributed by atoms with van der Waals surface area (Å²) in [7, 11) is 0. The molecule has 0 aliphatic heterocycles. The zero-order valence-electron chi connectivity index (χ0n) is 11.1. The molecule has 112 valence electrons. The van der Waals surface area contributed by atoms with Gasteiger partial charge in [-0.2, -0.15) is 0 Å². The molecule has 0 aliphatic carbocycles. The molecule has 1 unspecified atom stereocenters. The van der Waals surface area contributed by atoms with E-state index in [2.05, 4.69) is 21.2 Å². The Bertz CT molecular complexity index is 664. The first-order valence-electron chi connectivity index (χ1n) is 6.27. The van der Waals surface area contributed by atoms with E-state index in [4.69, 9.17) is 23.2 Å². The smallest absolute Gasteiger partial charge is 0.145 e. The van der Waals surface area contributed by atoms with E-state index in [0.717, 1.165) is 0 Å². The van der Waals surface area contributed by atoms with Crippen LogP contribution in [0.1, 0.15) is 24.1 Å². The van der Waals surface area contributed by atoms with Gasteiger partial charge >= 0.3 is 0 Å². The Balaban J connectivity index is 2.61. The number of hydrogen-bond donors (Lipinski definition) is 1. The summed E-state index contributed by atoms with van der Waals surface area (Å²) >= 11 is 15.1. The van der Waals surface area contributed by atoms with Crippen molar-refractivity contribution in [3.8, 4) is 0 Å². The number of hydrogen-bond acceptors (Lipinski definition) is 1. The summed E-state index contributed by atoms with van der Waals surface area (Å²) in [6.07, 6.45) is 0. The average molecular weight is 395 g/mol. The second-order valence-electron chi connectivity index (χ2n) is 4.41. The summed E-state index contributed by atoms with van der Waals surface area (Å²) in [5.41, 5.74) is 0.495. The van der Waals surface area contributed by atoms with E-state index in [1.54, 1.807) is 18.2 Å². The van der Waals surface area contributed by atoms with Gasteiger partial charge in [0.15, 0.2) is 0 Å². The minimum Gasteiger partial charge on any atom is -0.306 e. The average Bonchev–Trinajstić information content (AvgIpc) is 2.43. The van der Waals surface area contributed by atoms with Gasteiger partial charge in [-0.05, 0) is 52.3 Å². The molecule has 21 heavy (non-hydrogen) atoms. The second kappa shape index (κ2) is 7.05. The van der Waals surface area contributed by atoms with Crippen LogP contribution in [0.15, 0.2) is 34.8 Å². The lowest BCUT2D eigenvalue weighted by Gasteiger charge is -2.22. The number of rotatable bonds is 4. The molecule has 0 aromatic heterocycles. The van der Waals surface area contributed by atoms with Gasteiger partial charge in [-0.3, -0.25) is 0 Å². The van der Waals surface area contributed by atoms with Crippen molar-refractivity contribution in [1.82, 2.24) is 5.32 Å². The standard InChI is InChI=1S/C15H12BrCl2F2N/c1-2-21-15(9-4-3-8(17)7-11(9)18)13-12(19)6-5-10(16)14(13)20/h3-7,15,21H,2H2,1H3. The van der Waals surface area contributed by atoms with Crippen LogP contribution in [-0.4, -0.2) is 6.54 Å². The molecule has 2 rings (SSSR count). The van der Waals surface area contributed by atoms with Crippen molar-refractivity contribution in [3.05, 3.63) is 67.6 Å². The molecule has 2 aromatic carbocycles. The molecule has 6 heteroatoms. The lowest BCUT2D eigenvalue weighted by atomic mass is 9.97. The molecule has 1 nitrogen and oxygen atoms in total. The van der Waals surface area contributed by atoms with Gasteiger partial charge in [0.2, 0.25) is 0 Å². The highest BCUT2D eigenvalue weighted by Crippen LogP contribution is 2.34. The lowest BCUT2D eigenvalue weighted by Crippen LogP contribution is -2.24. The Hall–Kier alpha value is -0.680. The molecule has 1 atom stereocenters. The van der Waals surface area contributed by atoms with Gasteiger partial charge in [0, 0.05) is 15.6 Å². The molecular weight excluding hydrogens is 383 g/mol. The van der Waals surface area contributed by atoms with Crippen LogP contribution < -0.4 is 5.32 Å². The van der Waals surface area contributed by atoms with Crippen molar-refractivity contribution in [2.24, 2.45) is 0 Å². The van der Waals surface area contributed by atoms with Crippen LogP contribution >= 0.6 is 39.1 Å². The van der Waals surface area contributed by atoms with Crippen molar-refractivity contribution in [2.75, 3.05) is 6.54 Å². The van der Waals surface area contributed by atoms with E-state index in [1.807, 2.05) is 6.92 Å². The predicted molar refractivity (Wildman–Crippen MR) is 86.0 cm³/mol. The van der Waals surface area contributed by atoms with Crippen molar-refractivity contribution < 1.29 is 8.78 Å². The fourth-order valence-corrected chi connectivity index (χ4v) is 2.98. The van der Waals surface area contributed by atoms with Crippen LogP contribution in [0.4, 0.5) is 8.78 Å². The highest BCUT2D eigenvalue weighted by Gasteiger charge is 2.24. The van der Waals surface area contributed by atoms with Crippen molar-refractivity contribution in [3.63, 3.8) is 0 Å². The molecular formula is C15H12BrCl2F2N. The Kier molecular flexibility index (Phi) is 5.60. The molecule has 0 radical (unpaired) electrons. The molecule has 0 amide bonds. The van der Waals surface area contributed by atoms with Crippen LogP contribution in [0.2, 0.25) is 10.0 Å². The van der Waals surface area contributed by atoms with Crippen molar-refractivity contribution in [2.45, 2.75) is 13.0 Å². The molecule has 0 saturated heterocycles. The Morgan fingerprint density at radius 2 is 1.90 bits per heavy atom. The third-order valence-corrected chi connectivity index (χ3v) is 4.22. The van der Waals surface area contributed by atoms with Crippen molar-refractivity contribution >= 4 is 39.1 Å². The van der Waals surface area contributed by atoms with Crippen LogP contribution in [0.3, 0.4) is 0 Å². The molecule has 0 fully saturated rings. The van der Waals surface area contributed by atoms with Gasteiger partial charge in [-0.1, -0.05) is 36.2 Å². The van der Waals surface area contributed by atoms with Gasteiger partial charge in [-0.15, -0.1) is 0 Å². The van der Waals surface area contributed by atoms with Gasteiger partial charge in [0.1, 0.15) is 11.6 Å². The lowest BCUT2D eigenvalue weighted by molar-refractivity contribution is 0.507. The van der Waals surface area contributed by atoms with Crippen molar-refractivity contribution in [1.29, 1.82) is 0 Å². The first-order chi connectivity index (χ1) is 9.95. The minimum absolute atomic E-state index is 0.0737. The summed E-state index contributed by atoms with van der Waals surface area (Å²) < 4.78 is 28.7. The summed E-state index contributed by atoms with van der Waals surface area (Å²) in [6, 6.07) is 6.71. The van der Waals surface area contributed by atoms with E-state index in [1.165, 1.54) is 12.1 Å².